The summed E-state index contributed by atoms with van der Waals surface area (Å²) in [5, 5.41) is 0. The van der Waals surface area contributed by atoms with Crippen LogP contribution in [0.25, 0.3) is 0 Å². The van der Waals surface area contributed by atoms with Gasteiger partial charge in [0.2, 0.25) is 0 Å². The fraction of sp³-hybridized carbons (Fsp3) is 0.556. The van der Waals surface area contributed by atoms with Crippen LogP contribution in [0.1, 0.15) is 50.5 Å². The lowest BCUT2D eigenvalue weighted by molar-refractivity contribution is -0.134. The molecule has 0 saturated heterocycles. The second-order valence-corrected chi connectivity index (χ2v) is 8.13. The molecule has 1 aromatic carbocycles. The maximum absolute atomic E-state index is 13.1. The minimum Gasteiger partial charge on any atom is -0.487 e. The molecule has 2 aliphatic heterocycles. The van der Waals surface area contributed by atoms with E-state index in [1.807, 2.05) is 18.2 Å². The number of fused-ring (bicyclic) bond motifs is 2. The van der Waals surface area contributed by atoms with E-state index in [9.17, 15) is 4.79 Å². The van der Waals surface area contributed by atoms with Crippen molar-refractivity contribution in [2.24, 2.45) is 10.7 Å². The lowest BCUT2D eigenvalue weighted by atomic mass is 9.73. The fourth-order valence-electron chi connectivity index (χ4n) is 4.39. The molecule has 3 aliphatic rings. The zero-order chi connectivity index (χ0) is 16.9. The smallest absolute Gasteiger partial charge is 0.261 e. The molecule has 0 radical (unpaired) electrons. The van der Waals surface area contributed by atoms with Gasteiger partial charge in [0.15, 0.2) is 11.5 Å². The third kappa shape index (κ3) is 2.26. The number of hydrogen-bond acceptors (Lipinski definition) is 4. The van der Waals surface area contributed by atoms with E-state index in [0.717, 1.165) is 41.5 Å². The molecule has 1 fully saturated rings. The van der Waals surface area contributed by atoms with Crippen LogP contribution in [0.5, 0.6) is 5.75 Å². The largest absolute Gasteiger partial charge is 0.487 e. The van der Waals surface area contributed by atoms with Crippen molar-refractivity contribution < 1.29 is 9.53 Å². The van der Waals surface area contributed by atoms with E-state index in [2.05, 4.69) is 20.9 Å². The molecule has 2 N–H and O–H groups in total. The predicted octanol–water partition coefficient (Wildman–Crippen LogP) is 3.31. The van der Waals surface area contributed by atoms with Gasteiger partial charge < -0.3 is 10.5 Å². The Kier molecular flexibility index (Phi) is 3.64. The number of carbonyl (C=O) groups is 1. The molecule has 1 aliphatic carbocycles. The topological polar surface area (TPSA) is 67.9 Å². The first-order valence-corrected chi connectivity index (χ1v) is 9.38. The number of halogens is 1. The van der Waals surface area contributed by atoms with Gasteiger partial charge in [-0.1, -0.05) is 28.8 Å². The number of nitrogens with zero attached hydrogens (tertiary/aromatic N) is 2. The van der Waals surface area contributed by atoms with E-state index in [1.165, 1.54) is 17.7 Å². The molecule has 0 bridgehead atoms. The van der Waals surface area contributed by atoms with Gasteiger partial charge in [-0.2, -0.15) is 0 Å². The Morgan fingerprint density at radius 3 is 2.58 bits per heavy atom. The summed E-state index contributed by atoms with van der Waals surface area (Å²) in [6.45, 7) is 0. The van der Waals surface area contributed by atoms with Crippen LogP contribution < -0.4 is 10.5 Å². The standard InChI is InChI=1S/C18H22BrN3O2/c1-22-15(23)18(21-16(22)20)11-17(8-4-2-3-5-9-17)24-14-7-6-12(19)10-13(14)18/h6-7,10H,2-5,8-9,11H2,1H3,(H2,20,21). The highest BCUT2D eigenvalue weighted by molar-refractivity contribution is 9.10. The Hall–Kier alpha value is -1.56. The van der Waals surface area contributed by atoms with Gasteiger partial charge in [0.1, 0.15) is 11.4 Å². The Morgan fingerprint density at radius 2 is 1.96 bits per heavy atom. The Balaban J connectivity index is 1.89. The zero-order valence-electron chi connectivity index (χ0n) is 13.8. The minimum atomic E-state index is -0.944. The molecular formula is C18H22BrN3O2. The number of guanidine groups is 1. The van der Waals surface area contributed by atoms with Crippen LogP contribution in [-0.2, 0) is 10.3 Å². The number of rotatable bonds is 0. The van der Waals surface area contributed by atoms with Crippen molar-refractivity contribution in [2.45, 2.75) is 56.1 Å². The van der Waals surface area contributed by atoms with Gasteiger partial charge in [0, 0.05) is 23.5 Å². The third-order valence-corrected chi connectivity index (χ3v) is 6.11. The molecule has 2 spiro atoms. The van der Waals surface area contributed by atoms with Crippen molar-refractivity contribution in [3.8, 4) is 5.75 Å². The van der Waals surface area contributed by atoms with Crippen LogP contribution in [0.15, 0.2) is 27.7 Å². The first-order valence-electron chi connectivity index (χ1n) is 8.58. The van der Waals surface area contributed by atoms with Crippen LogP contribution in [0, 0.1) is 0 Å². The molecule has 1 saturated carbocycles. The number of carbonyl (C=O) groups excluding carboxylic acids is 1. The SMILES string of the molecule is CN1C(=O)C2(CC3(CCCCCC3)Oc3ccc(Br)cc32)N=C1N. The number of nitrogens with two attached hydrogens (primary N) is 1. The number of benzene rings is 1. The van der Waals surface area contributed by atoms with Crippen LogP contribution in [0.2, 0.25) is 0 Å². The monoisotopic (exact) mass is 391 g/mol. The normalized spacial score (nSPS) is 28.5. The van der Waals surface area contributed by atoms with Crippen molar-refractivity contribution in [3.05, 3.63) is 28.2 Å². The number of amides is 1. The first-order chi connectivity index (χ1) is 11.5. The summed E-state index contributed by atoms with van der Waals surface area (Å²) in [6.07, 6.45) is 7.23. The molecule has 1 atom stereocenters. The van der Waals surface area contributed by atoms with Crippen LogP contribution in [0.3, 0.4) is 0 Å². The number of aliphatic imine (C=N–C) groups is 1. The Morgan fingerprint density at radius 1 is 1.25 bits per heavy atom. The van der Waals surface area contributed by atoms with E-state index in [1.54, 1.807) is 7.05 Å². The van der Waals surface area contributed by atoms with Crippen molar-refractivity contribution in [2.75, 3.05) is 7.05 Å². The molecule has 128 valence electrons. The molecule has 1 unspecified atom stereocenters. The summed E-state index contributed by atoms with van der Waals surface area (Å²) >= 11 is 3.51. The maximum atomic E-state index is 13.1. The summed E-state index contributed by atoms with van der Waals surface area (Å²) < 4.78 is 7.41. The van der Waals surface area contributed by atoms with E-state index in [4.69, 9.17) is 10.5 Å². The highest BCUT2D eigenvalue weighted by Crippen LogP contribution is 2.52. The van der Waals surface area contributed by atoms with Crippen LogP contribution in [0.4, 0.5) is 0 Å². The average Bonchev–Trinajstić information content (AvgIpc) is 2.73. The summed E-state index contributed by atoms with van der Waals surface area (Å²) in [5.74, 6) is 1.01. The van der Waals surface area contributed by atoms with Crippen molar-refractivity contribution in [1.29, 1.82) is 0 Å². The summed E-state index contributed by atoms with van der Waals surface area (Å²) in [6, 6.07) is 5.86. The van der Waals surface area contributed by atoms with Crippen molar-refractivity contribution in [1.82, 2.24) is 4.90 Å². The second kappa shape index (κ2) is 5.48. The molecule has 1 amide bonds. The van der Waals surface area contributed by atoms with E-state index in [-0.39, 0.29) is 17.5 Å². The van der Waals surface area contributed by atoms with Crippen molar-refractivity contribution >= 4 is 27.8 Å². The molecule has 4 rings (SSSR count). The highest BCUT2D eigenvalue weighted by atomic mass is 79.9. The zero-order valence-corrected chi connectivity index (χ0v) is 15.4. The third-order valence-electron chi connectivity index (χ3n) is 5.61. The molecule has 0 aromatic heterocycles. The molecule has 5 nitrogen and oxygen atoms in total. The van der Waals surface area contributed by atoms with Crippen molar-refractivity contribution in [3.63, 3.8) is 0 Å². The molecular weight excluding hydrogens is 370 g/mol. The summed E-state index contributed by atoms with van der Waals surface area (Å²) in [7, 11) is 1.70. The molecule has 6 heteroatoms. The Bertz CT molecular complexity index is 725. The Labute approximate surface area is 150 Å². The quantitative estimate of drug-likeness (QED) is 0.737. The maximum Gasteiger partial charge on any atom is 0.261 e. The lowest BCUT2D eigenvalue weighted by Gasteiger charge is -2.45. The summed E-state index contributed by atoms with van der Waals surface area (Å²) in [4.78, 5) is 19.3. The predicted molar refractivity (Wildman–Crippen MR) is 95.9 cm³/mol. The number of likely N-dealkylation sites (N-methyl/N-ethyl adjacent to an activating group) is 1. The highest BCUT2D eigenvalue weighted by Gasteiger charge is 2.57. The van der Waals surface area contributed by atoms with E-state index < -0.39 is 5.54 Å². The fourth-order valence-corrected chi connectivity index (χ4v) is 4.75. The van der Waals surface area contributed by atoms with Gasteiger partial charge in [-0.05, 0) is 43.9 Å². The molecule has 2 heterocycles. The van der Waals surface area contributed by atoms with E-state index in [0.29, 0.717) is 6.42 Å². The number of hydrogen-bond donors (Lipinski definition) is 1. The minimum absolute atomic E-state index is 0.0497. The van der Waals surface area contributed by atoms with Crippen LogP contribution >= 0.6 is 15.9 Å². The van der Waals surface area contributed by atoms with Gasteiger partial charge >= 0.3 is 0 Å². The van der Waals surface area contributed by atoms with Gasteiger partial charge in [-0.25, -0.2) is 4.99 Å². The van der Waals surface area contributed by atoms with Gasteiger partial charge in [0.25, 0.3) is 5.91 Å². The van der Waals surface area contributed by atoms with Gasteiger partial charge in [-0.15, -0.1) is 0 Å². The molecule has 24 heavy (non-hydrogen) atoms. The van der Waals surface area contributed by atoms with Gasteiger partial charge in [-0.3, -0.25) is 9.69 Å². The number of ether oxygens (including phenoxy) is 1. The van der Waals surface area contributed by atoms with Crippen LogP contribution in [-0.4, -0.2) is 29.4 Å². The first kappa shape index (κ1) is 15.9. The summed E-state index contributed by atoms with van der Waals surface area (Å²) in [5.41, 5.74) is 5.58. The van der Waals surface area contributed by atoms with E-state index >= 15 is 0 Å². The lowest BCUT2D eigenvalue weighted by Crippen LogP contribution is -2.51. The van der Waals surface area contributed by atoms with Gasteiger partial charge in [0.05, 0.1) is 0 Å². The molecule has 1 aromatic rings. The second-order valence-electron chi connectivity index (χ2n) is 7.21. The average molecular weight is 392 g/mol.